The Labute approximate surface area is 223 Å². The Morgan fingerprint density at radius 1 is 1.08 bits per heavy atom. The molecule has 11 nitrogen and oxygen atoms in total. The van der Waals surface area contributed by atoms with E-state index in [0.29, 0.717) is 37.4 Å². The minimum atomic E-state index is -1.22. The van der Waals surface area contributed by atoms with Crippen LogP contribution in [0.25, 0.3) is 0 Å². The van der Waals surface area contributed by atoms with E-state index < -0.39 is 12.1 Å². The van der Waals surface area contributed by atoms with Gasteiger partial charge in [-0.3, -0.25) is 9.59 Å². The van der Waals surface area contributed by atoms with Crippen LogP contribution in [0.4, 0.5) is 4.79 Å². The fraction of sp³-hybridized carbons (Fsp3) is 0.630. The Balaban J connectivity index is 1.54. The zero-order chi connectivity index (χ0) is 27.4. The standard InChI is InChI=1S/C27H39N5O6/c1-30(2)16-21(28-27(35)36)26(34)31-13-11-18(12-14-31)32-25(33)20-8-6-5-7-19(20)24(29-32)17-9-10-22(37-3)23(15-17)38-4/h9-10,15,18-21,28H,5-8,11-14,16H2,1-4H3,(H,35,36)/t19-,20+,21+/m0/s1. The first-order valence-corrected chi connectivity index (χ1v) is 13.3. The highest BCUT2D eigenvalue weighted by Crippen LogP contribution is 2.40. The van der Waals surface area contributed by atoms with Gasteiger partial charge in [0.05, 0.1) is 26.0 Å². The molecule has 0 radical (unpaired) electrons. The molecule has 38 heavy (non-hydrogen) atoms. The quantitative estimate of drug-likeness (QED) is 0.529. The first kappa shape index (κ1) is 27.7. The van der Waals surface area contributed by atoms with E-state index in [1.54, 1.807) is 43.1 Å². The summed E-state index contributed by atoms with van der Waals surface area (Å²) in [5, 5.41) is 18.2. The van der Waals surface area contributed by atoms with E-state index in [1.807, 2.05) is 18.2 Å². The van der Waals surface area contributed by atoms with Gasteiger partial charge in [-0.25, -0.2) is 9.80 Å². The third-order valence-electron chi connectivity index (χ3n) is 7.82. The molecule has 1 saturated heterocycles. The molecule has 3 atom stereocenters. The van der Waals surface area contributed by atoms with Crippen molar-refractivity contribution < 1.29 is 29.0 Å². The molecular formula is C27H39N5O6. The fourth-order valence-electron chi connectivity index (χ4n) is 5.94. The number of carbonyl (C=O) groups is 3. The van der Waals surface area contributed by atoms with E-state index in [4.69, 9.17) is 14.6 Å². The summed E-state index contributed by atoms with van der Waals surface area (Å²) in [7, 11) is 6.80. The van der Waals surface area contributed by atoms with Crippen molar-refractivity contribution in [3.05, 3.63) is 23.8 Å². The molecule has 11 heteroatoms. The van der Waals surface area contributed by atoms with Crippen LogP contribution in [0.15, 0.2) is 23.3 Å². The summed E-state index contributed by atoms with van der Waals surface area (Å²) in [6.07, 6.45) is 3.80. The van der Waals surface area contributed by atoms with Crippen LogP contribution in [0.1, 0.15) is 44.1 Å². The lowest BCUT2D eigenvalue weighted by molar-refractivity contribution is -0.143. The van der Waals surface area contributed by atoms with E-state index in [-0.39, 0.29) is 36.2 Å². The van der Waals surface area contributed by atoms with Gasteiger partial charge >= 0.3 is 6.09 Å². The maximum absolute atomic E-state index is 13.6. The van der Waals surface area contributed by atoms with E-state index >= 15 is 0 Å². The maximum atomic E-state index is 13.6. The van der Waals surface area contributed by atoms with Crippen molar-refractivity contribution >= 4 is 23.6 Å². The second-order valence-electron chi connectivity index (χ2n) is 10.6. The van der Waals surface area contributed by atoms with Crippen molar-refractivity contribution in [1.82, 2.24) is 20.1 Å². The zero-order valence-corrected chi connectivity index (χ0v) is 22.7. The van der Waals surface area contributed by atoms with Crippen LogP contribution >= 0.6 is 0 Å². The van der Waals surface area contributed by atoms with Crippen molar-refractivity contribution in [1.29, 1.82) is 0 Å². The van der Waals surface area contributed by atoms with Gasteiger partial charge in [-0.1, -0.05) is 12.8 Å². The highest BCUT2D eigenvalue weighted by atomic mass is 16.5. The smallest absolute Gasteiger partial charge is 0.405 e. The number of hydrogen-bond acceptors (Lipinski definition) is 7. The van der Waals surface area contributed by atoms with E-state index in [0.717, 1.165) is 37.0 Å². The predicted molar refractivity (Wildman–Crippen MR) is 141 cm³/mol. The van der Waals surface area contributed by atoms with Crippen molar-refractivity contribution in [2.75, 3.05) is 47.9 Å². The molecule has 3 amide bonds. The van der Waals surface area contributed by atoms with Crippen LogP contribution in [-0.2, 0) is 9.59 Å². The summed E-state index contributed by atoms with van der Waals surface area (Å²) in [6.45, 7) is 1.15. The minimum absolute atomic E-state index is 0.0705. The van der Waals surface area contributed by atoms with Crippen LogP contribution in [0.5, 0.6) is 11.5 Å². The number of carbonyl (C=O) groups excluding carboxylic acids is 2. The highest BCUT2D eigenvalue weighted by molar-refractivity contribution is 6.07. The summed E-state index contributed by atoms with van der Waals surface area (Å²) >= 11 is 0. The SMILES string of the molecule is COc1ccc(C2=NN(C3CCN(C(=O)[C@@H](CN(C)C)NC(=O)O)CC3)C(=O)[C@@H]3CCCC[C@H]23)cc1OC. The fourth-order valence-corrected chi connectivity index (χ4v) is 5.94. The van der Waals surface area contributed by atoms with Crippen LogP contribution in [0.2, 0.25) is 0 Å². The third-order valence-corrected chi connectivity index (χ3v) is 7.82. The Kier molecular flexibility index (Phi) is 8.76. The van der Waals surface area contributed by atoms with Crippen LogP contribution in [-0.4, -0.2) is 104 Å². The number of likely N-dealkylation sites (N-methyl/N-ethyl adjacent to an activating group) is 1. The molecule has 4 rings (SSSR count). The van der Waals surface area contributed by atoms with Crippen LogP contribution in [0.3, 0.4) is 0 Å². The average Bonchev–Trinajstić information content (AvgIpc) is 2.92. The van der Waals surface area contributed by atoms with Gasteiger partial charge in [0.2, 0.25) is 11.8 Å². The average molecular weight is 530 g/mol. The zero-order valence-electron chi connectivity index (χ0n) is 22.7. The lowest BCUT2D eigenvalue weighted by atomic mass is 9.73. The summed E-state index contributed by atoms with van der Waals surface area (Å²) < 4.78 is 10.9. The number of amides is 3. The molecule has 1 aromatic rings. The van der Waals surface area contributed by atoms with E-state index in [2.05, 4.69) is 5.32 Å². The molecule has 0 spiro atoms. The Morgan fingerprint density at radius 3 is 2.34 bits per heavy atom. The summed E-state index contributed by atoms with van der Waals surface area (Å²) in [4.78, 5) is 41.4. The van der Waals surface area contributed by atoms with E-state index in [9.17, 15) is 19.5 Å². The van der Waals surface area contributed by atoms with Gasteiger partial charge in [-0.2, -0.15) is 5.10 Å². The minimum Gasteiger partial charge on any atom is -0.493 e. The molecule has 3 aliphatic rings. The second kappa shape index (κ2) is 12.0. The number of nitrogens with one attached hydrogen (secondary N) is 1. The Morgan fingerprint density at radius 2 is 1.74 bits per heavy atom. The molecule has 0 bridgehead atoms. The molecular weight excluding hydrogens is 490 g/mol. The molecule has 1 saturated carbocycles. The number of carboxylic acid groups (broad SMARTS) is 1. The number of methoxy groups -OCH3 is 2. The van der Waals surface area contributed by atoms with E-state index in [1.165, 1.54) is 0 Å². The van der Waals surface area contributed by atoms with Gasteiger partial charge < -0.3 is 29.7 Å². The summed E-state index contributed by atoms with van der Waals surface area (Å²) in [6, 6.07) is 4.81. The number of fused-ring (bicyclic) bond motifs is 1. The highest BCUT2D eigenvalue weighted by Gasteiger charge is 2.44. The number of rotatable bonds is 8. The van der Waals surface area contributed by atoms with Gasteiger partial charge in [0.15, 0.2) is 11.5 Å². The first-order chi connectivity index (χ1) is 18.2. The van der Waals surface area contributed by atoms with Crippen LogP contribution in [0, 0.1) is 11.8 Å². The van der Waals surface area contributed by atoms with Crippen LogP contribution < -0.4 is 14.8 Å². The molecule has 1 aliphatic carbocycles. The lowest BCUT2D eigenvalue weighted by Gasteiger charge is -2.43. The van der Waals surface area contributed by atoms with Gasteiger partial charge in [0.25, 0.3) is 0 Å². The number of benzene rings is 1. The van der Waals surface area contributed by atoms with Crippen molar-refractivity contribution in [3.8, 4) is 11.5 Å². The predicted octanol–water partition coefficient (Wildman–Crippen LogP) is 2.25. The lowest BCUT2D eigenvalue weighted by Crippen LogP contribution is -2.57. The molecule has 2 fully saturated rings. The number of likely N-dealkylation sites (tertiary alicyclic amines) is 1. The molecule has 0 unspecified atom stereocenters. The molecule has 2 heterocycles. The molecule has 208 valence electrons. The van der Waals surface area contributed by atoms with Crippen molar-refractivity contribution in [2.45, 2.75) is 50.6 Å². The molecule has 0 aromatic heterocycles. The Bertz CT molecular complexity index is 1070. The maximum Gasteiger partial charge on any atom is 0.405 e. The van der Waals surface area contributed by atoms with Crippen molar-refractivity contribution in [2.24, 2.45) is 16.9 Å². The monoisotopic (exact) mass is 529 g/mol. The largest absolute Gasteiger partial charge is 0.493 e. The van der Waals surface area contributed by atoms with Gasteiger partial charge in [0, 0.05) is 37.0 Å². The number of nitrogens with zero attached hydrogens (tertiary/aromatic N) is 4. The number of hydrogen-bond donors (Lipinski definition) is 2. The summed E-state index contributed by atoms with van der Waals surface area (Å²) in [5.41, 5.74) is 1.83. The first-order valence-electron chi connectivity index (χ1n) is 13.3. The number of hydrazone groups is 1. The third kappa shape index (κ3) is 5.87. The molecule has 2 N–H and O–H groups in total. The molecule has 1 aromatic carbocycles. The van der Waals surface area contributed by atoms with Crippen molar-refractivity contribution in [3.63, 3.8) is 0 Å². The van der Waals surface area contributed by atoms with Gasteiger partial charge in [0.1, 0.15) is 6.04 Å². The van der Waals surface area contributed by atoms with Gasteiger partial charge in [-0.05, 0) is 58.0 Å². The van der Waals surface area contributed by atoms with Gasteiger partial charge in [-0.15, -0.1) is 0 Å². The number of piperidine rings is 1. The Hall–Kier alpha value is -3.34. The topological polar surface area (TPSA) is 124 Å². The summed E-state index contributed by atoms with van der Waals surface area (Å²) in [5.74, 6) is 1.06. The molecule has 2 aliphatic heterocycles. The second-order valence-corrected chi connectivity index (χ2v) is 10.6. The normalized spacial score (nSPS) is 23.0. The number of ether oxygens (including phenoxy) is 2.